The Balaban J connectivity index is 1.26. The van der Waals surface area contributed by atoms with Crippen molar-refractivity contribution < 1.29 is 0 Å². The molecule has 0 radical (unpaired) electrons. The van der Waals surface area contributed by atoms with Gasteiger partial charge in [-0.05, 0) is 179 Å². The highest BCUT2D eigenvalue weighted by Gasteiger charge is 2.53. The van der Waals surface area contributed by atoms with E-state index in [-0.39, 0.29) is 0 Å². The minimum absolute atomic E-state index is 0.489. The van der Waals surface area contributed by atoms with Crippen LogP contribution in [0.15, 0.2) is 129 Å². The third-order valence-corrected chi connectivity index (χ3v) is 18.8. The van der Waals surface area contributed by atoms with E-state index in [2.05, 4.69) is 181 Å². The molecular weight excluding hydrogens is 993 g/mol. The lowest BCUT2D eigenvalue weighted by Crippen LogP contribution is -2.31. The molecule has 0 bridgehead atoms. The first-order chi connectivity index (χ1) is 33.4. The number of fused-ring (bicyclic) bond motifs is 6. The molecule has 7 aromatic rings. The molecule has 0 saturated carbocycles. The van der Waals surface area contributed by atoms with Gasteiger partial charge in [0, 0.05) is 9.75 Å². The average Bonchev–Trinajstić information content (AvgIpc) is 4.08. The molecule has 68 heavy (non-hydrogen) atoms. The summed E-state index contributed by atoms with van der Waals surface area (Å²) >= 11 is 11.9. The molecule has 0 amide bonds. The Hall–Kier alpha value is -3.54. The van der Waals surface area contributed by atoms with Gasteiger partial charge in [-0.1, -0.05) is 208 Å². The normalized spacial score (nSPS) is 14.0. The maximum atomic E-state index is 4.06. The number of benzene rings is 5. The first kappa shape index (κ1) is 49.4. The molecule has 0 atom stereocenters. The summed E-state index contributed by atoms with van der Waals surface area (Å²) in [5.41, 5.74) is 18.6. The Bertz CT molecular complexity index is 2430. The second-order valence-electron chi connectivity index (χ2n) is 20.1. The van der Waals surface area contributed by atoms with E-state index in [0.717, 1.165) is 25.7 Å². The molecule has 2 heterocycles. The summed E-state index contributed by atoms with van der Waals surface area (Å²) < 4.78 is 2.38. The van der Waals surface area contributed by atoms with Crippen LogP contribution in [0.4, 0.5) is 0 Å². The van der Waals surface area contributed by atoms with E-state index in [1.807, 2.05) is 22.7 Å². The van der Waals surface area contributed by atoms with Gasteiger partial charge in [-0.25, -0.2) is 0 Å². The van der Waals surface area contributed by atoms with Gasteiger partial charge in [0.1, 0.15) is 0 Å². The zero-order chi connectivity index (χ0) is 47.1. The lowest BCUT2D eigenvalue weighted by molar-refractivity contribution is 0.665. The Morgan fingerprint density at radius 1 is 0.324 bits per heavy atom. The number of thiophene rings is 2. The first-order valence-electron chi connectivity index (χ1n) is 26.5. The largest absolute Gasteiger partial charge is 0.128 e. The zero-order valence-corrected chi connectivity index (χ0v) is 46.1. The highest BCUT2D eigenvalue weighted by molar-refractivity contribution is 9.11. The topological polar surface area (TPSA) is 0 Å². The van der Waals surface area contributed by atoms with E-state index in [4.69, 9.17) is 0 Å². The fraction of sp³-hybridized carbons (Fsp3) is 0.406. The summed E-state index contributed by atoms with van der Waals surface area (Å²) in [5.74, 6) is 0. The van der Waals surface area contributed by atoms with Crippen LogP contribution in [0.25, 0.3) is 20.9 Å². The van der Waals surface area contributed by atoms with Gasteiger partial charge in [0.25, 0.3) is 0 Å². The van der Waals surface area contributed by atoms with Gasteiger partial charge in [-0.2, -0.15) is 0 Å². The minimum Gasteiger partial charge on any atom is -0.128 e. The van der Waals surface area contributed by atoms with Crippen LogP contribution >= 0.6 is 54.5 Å². The Labute approximate surface area is 434 Å². The number of hydrogen-bond donors (Lipinski definition) is 0. The van der Waals surface area contributed by atoms with Crippen molar-refractivity contribution in [1.29, 1.82) is 0 Å². The quantitative estimate of drug-likeness (QED) is 0.0529. The van der Waals surface area contributed by atoms with E-state index < -0.39 is 10.8 Å². The number of aryl methyl sites for hydroxylation is 4. The summed E-state index contributed by atoms with van der Waals surface area (Å²) in [6.45, 7) is 9.22. The molecule has 2 aromatic heterocycles. The molecule has 0 N–H and O–H groups in total. The summed E-state index contributed by atoms with van der Waals surface area (Å²) in [5, 5.41) is 0. The molecule has 0 spiro atoms. The van der Waals surface area contributed by atoms with Gasteiger partial charge in [0.15, 0.2) is 0 Å². The summed E-state index contributed by atoms with van der Waals surface area (Å²) in [6, 6.07) is 49.8. The van der Waals surface area contributed by atoms with Crippen LogP contribution < -0.4 is 0 Å². The smallest absolute Gasteiger partial charge is 0.0722 e. The van der Waals surface area contributed by atoms with Gasteiger partial charge < -0.3 is 0 Å². The molecule has 2 aliphatic rings. The van der Waals surface area contributed by atoms with Crippen molar-refractivity contribution >= 4 is 54.5 Å². The van der Waals surface area contributed by atoms with Crippen molar-refractivity contribution in [3.05, 3.63) is 196 Å². The summed E-state index contributed by atoms with van der Waals surface area (Å²) in [6.07, 6.45) is 25.0. The van der Waals surface area contributed by atoms with Crippen molar-refractivity contribution in [3.63, 3.8) is 0 Å². The number of unbranched alkanes of at least 4 members (excludes halogenated alkanes) is 12. The standard InChI is InChI=1S/C64H72Br2S2/c1-5-9-13-17-21-45-25-33-49(34-26-45)63(50-35-27-46(28-36-50)22-18-14-10-6-2)55-42-56-54(41-53(55)61-57(63)43-59(65)67-61)62-58(44-60(66)68-62)64(56,51-37-29-47(30-38-51)23-19-15-11-7-3)52-39-31-48(32-40-52)24-20-16-12-8-4/h25-44H,5-24H2,1-4H3. The van der Waals surface area contributed by atoms with Gasteiger partial charge in [0.2, 0.25) is 0 Å². The van der Waals surface area contributed by atoms with E-state index in [0.29, 0.717) is 0 Å². The number of rotatable bonds is 24. The molecule has 0 nitrogen and oxygen atoms in total. The first-order valence-corrected chi connectivity index (χ1v) is 29.8. The van der Waals surface area contributed by atoms with Crippen LogP contribution in [-0.4, -0.2) is 0 Å². The second-order valence-corrected chi connectivity index (χ2v) is 24.9. The highest BCUT2D eigenvalue weighted by Crippen LogP contribution is 2.65. The molecule has 354 valence electrons. The monoisotopic (exact) mass is 1060 g/mol. The van der Waals surface area contributed by atoms with Crippen LogP contribution in [0.3, 0.4) is 0 Å². The Kier molecular flexibility index (Phi) is 16.5. The molecule has 4 heteroatoms. The third kappa shape index (κ3) is 9.64. The second kappa shape index (κ2) is 22.7. The fourth-order valence-electron chi connectivity index (χ4n) is 11.9. The van der Waals surface area contributed by atoms with Gasteiger partial charge in [-0.15, -0.1) is 22.7 Å². The summed E-state index contributed by atoms with van der Waals surface area (Å²) in [7, 11) is 0. The maximum absolute atomic E-state index is 4.06. The molecule has 9 rings (SSSR count). The van der Waals surface area contributed by atoms with Crippen LogP contribution in [0, 0.1) is 0 Å². The Morgan fingerprint density at radius 2 is 0.603 bits per heavy atom. The number of halogens is 2. The Morgan fingerprint density at radius 3 is 0.868 bits per heavy atom. The van der Waals surface area contributed by atoms with Crippen molar-refractivity contribution in [1.82, 2.24) is 0 Å². The van der Waals surface area contributed by atoms with Gasteiger partial charge in [0.05, 0.1) is 18.4 Å². The van der Waals surface area contributed by atoms with Crippen molar-refractivity contribution in [2.24, 2.45) is 0 Å². The van der Waals surface area contributed by atoms with E-state index in [1.54, 1.807) is 0 Å². The minimum atomic E-state index is -0.489. The lowest BCUT2D eigenvalue weighted by atomic mass is 9.64. The predicted octanol–water partition coefficient (Wildman–Crippen LogP) is 20.6. The van der Waals surface area contributed by atoms with Crippen LogP contribution in [0.1, 0.15) is 197 Å². The molecule has 5 aromatic carbocycles. The SMILES string of the molecule is CCCCCCc1ccc(C2(c3ccc(CCCCCC)cc3)c3cc4c(cc3-c3sc(Br)cc32)-c2sc(Br)cc2C4(c2ccc(CCCCCC)cc2)c2ccc(CCCCCC)cc2)cc1. The molecule has 0 saturated heterocycles. The molecule has 0 aliphatic heterocycles. The van der Waals surface area contributed by atoms with E-state index in [9.17, 15) is 0 Å². The average molecular weight is 1070 g/mol. The molecular formula is C64H72Br2S2. The van der Waals surface area contributed by atoms with Crippen LogP contribution in [0.2, 0.25) is 0 Å². The molecule has 0 unspecified atom stereocenters. The van der Waals surface area contributed by atoms with Gasteiger partial charge in [-0.3, -0.25) is 0 Å². The highest BCUT2D eigenvalue weighted by atomic mass is 79.9. The fourth-order valence-corrected chi connectivity index (χ4v) is 15.2. The maximum Gasteiger partial charge on any atom is 0.0722 e. The third-order valence-electron chi connectivity index (χ3n) is 15.5. The molecule has 0 fully saturated rings. The lowest BCUT2D eigenvalue weighted by Gasteiger charge is -2.37. The van der Waals surface area contributed by atoms with Crippen molar-refractivity contribution in [3.8, 4) is 20.9 Å². The molecule has 2 aliphatic carbocycles. The van der Waals surface area contributed by atoms with E-state index >= 15 is 0 Å². The zero-order valence-electron chi connectivity index (χ0n) is 41.3. The number of hydrogen-bond acceptors (Lipinski definition) is 2. The van der Waals surface area contributed by atoms with Crippen LogP contribution in [-0.2, 0) is 36.5 Å². The summed E-state index contributed by atoms with van der Waals surface area (Å²) in [4.78, 5) is 2.77. The van der Waals surface area contributed by atoms with E-state index in [1.165, 1.54) is 198 Å². The van der Waals surface area contributed by atoms with Gasteiger partial charge >= 0.3 is 0 Å². The van der Waals surface area contributed by atoms with Crippen molar-refractivity contribution in [2.75, 3.05) is 0 Å². The van der Waals surface area contributed by atoms with Crippen molar-refractivity contribution in [2.45, 2.75) is 167 Å². The predicted molar refractivity (Wildman–Crippen MR) is 304 cm³/mol. The van der Waals surface area contributed by atoms with Crippen LogP contribution in [0.5, 0.6) is 0 Å².